The van der Waals surface area contributed by atoms with Crippen molar-refractivity contribution in [3.63, 3.8) is 0 Å². The van der Waals surface area contributed by atoms with Crippen LogP contribution in [0.4, 0.5) is 17.6 Å². The van der Waals surface area contributed by atoms with Crippen LogP contribution >= 0.6 is 0 Å². The summed E-state index contributed by atoms with van der Waals surface area (Å²) in [4.78, 5) is 16.4. The molecule has 0 spiro atoms. The Labute approximate surface area is 201 Å². The molecule has 0 unspecified atom stereocenters. The summed E-state index contributed by atoms with van der Waals surface area (Å²) < 4.78 is 58.4. The monoisotopic (exact) mass is 486 g/mol. The standard InChI is InChI=1S/C27H26F4N2O2/c28-24-19-22(11-12-23(24)27(29,30)31)26(34)33-15-13-32(14-16-33)17-18-35-25(20-7-3-1-4-8-20)21-9-5-2-6-10-21/h1-12,19,25H,13-18H2. The van der Waals surface area contributed by atoms with E-state index in [4.69, 9.17) is 4.74 Å². The van der Waals surface area contributed by atoms with Crippen molar-refractivity contribution in [2.45, 2.75) is 12.3 Å². The number of hydrogen-bond acceptors (Lipinski definition) is 3. The van der Waals surface area contributed by atoms with Gasteiger partial charge in [0.1, 0.15) is 11.9 Å². The third-order valence-electron chi connectivity index (χ3n) is 6.08. The number of halogens is 4. The second-order valence-electron chi connectivity index (χ2n) is 8.40. The third kappa shape index (κ3) is 6.26. The summed E-state index contributed by atoms with van der Waals surface area (Å²) in [5.74, 6) is -1.91. The third-order valence-corrected chi connectivity index (χ3v) is 6.08. The molecule has 1 aliphatic rings. The normalized spacial score (nSPS) is 14.9. The van der Waals surface area contributed by atoms with Gasteiger partial charge in [0.25, 0.3) is 5.91 Å². The number of nitrogens with zero attached hydrogens (tertiary/aromatic N) is 2. The SMILES string of the molecule is O=C(c1ccc(C(F)(F)F)c(F)c1)N1CCN(CCOC(c2ccccc2)c2ccccc2)CC1. The minimum absolute atomic E-state index is 0.0825. The van der Waals surface area contributed by atoms with Crippen LogP contribution in [-0.4, -0.2) is 55.0 Å². The lowest BCUT2D eigenvalue weighted by molar-refractivity contribution is -0.140. The zero-order valence-corrected chi connectivity index (χ0v) is 19.0. The van der Waals surface area contributed by atoms with Gasteiger partial charge in [-0.1, -0.05) is 60.7 Å². The van der Waals surface area contributed by atoms with Crippen molar-refractivity contribution in [3.8, 4) is 0 Å². The molecular formula is C27H26F4N2O2. The molecule has 3 aromatic rings. The second-order valence-corrected chi connectivity index (χ2v) is 8.40. The summed E-state index contributed by atoms with van der Waals surface area (Å²) in [6.45, 7) is 3.17. The number of piperazine rings is 1. The van der Waals surface area contributed by atoms with E-state index in [-0.39, 0.29) is 11.7 Å². The minimum atomic E-state index is -4.79. The summed E-state index contributed by atoms with van der Waals surface area (Å²) in [5, 5.41) is 0. The van der Waals surface area contributed by atoms with Crippen LogP contribution < -0.4 is 0 Å². The Hall–Kier alpha value is -3.23. The van der Waals surface area contributed by atoms with Gasteiger partial charge in [-0.15, -0.1) is 0 Å². The molecule has 184 valence electrons. The first kappa shape index (κ1) is 24.9. The second kappa shape index (κ2) is 11.0. The zero-order valence-electron chi connectivity index (χ0n) is 19.0. The van der Waals surface area contributed by atoms with E-state index >= 15 is 0 Å². The van der Waals surface area contributed by atoms with Crippen LogP contribution in [0.3, 0.4) is 0 Å². The van der Waals surface area contributed by atoms with Crippen LogP contribution in [0.25, 0.3) is 0 Å². The van der Waals surface area contributed by atoms with Crippen molar-refractivity contribution >= 4 is 5.91 Å². The molecule has 4 rings (SSSR count). The highest BCUT2D eigenvalue weighted by Crippen LogP contribution is 2.32. The Balaban J connectivity index is 1.30. The van der Waals surface area contributed by atoms with Gasteiger partial charge >= 0.3 is 6.18 Å². The van der Waals surface area contributed by atoms with Gasteiger partial charge in [-0.3, -0.25) is 9.69 Å². The largest absolute Gasteiger partial charge is 0.419 e. The van der Waals surface area contributed by atoms with Gasteiger partial charge < -0.3 is 9.64 Å². The maximum atomic E-state index is 13.9. The van der Waals surface area contributed by atoms with Gasteiger partial charge in [-0.2, -0.15) is 13.2 Å². The Bertz CT molecular complexity index is 1080. The van der Waals surface area contributed by atoms with Crippen LogP contribution in [0.1, 0.15) is 33.2 Å². The number of carbonyl (C=O) groups excluding carboxylic acids is 1. The molecular weight excluding hydrogens is 460 g/mol. The summed E-state index contributed by atoms with van der Waals surface area (Å²) >= 11 is 0. The molecule has 1 heterocycles. The number of benzene rings is 3. The molecule has 0 saturated carbocycles. The van der Waals surface area contributed by atoms with Gasteiger partial charge in [-0.25, -0.2) is 4.39 Å². The minimum Gasteiger partial charge on any atom is -0.367 e. The topological polar surface area (TPSA) is 32.8 Å². The van der Waals surface area contributed by atoms with Crippen molar-refractivity contribution in [1.82, 2.24) is 9.80 Å². The van der Waals surface area contributed by atoms with E-state index in [9.17, 15) is 22.4 Å². The molecule has 0 radical (unpaired) electrons. The number of ether oxygens (including phenoxy) is 1. The zero-order chi connectivity index (χ0) is 24.8. The molecule has 0 N–H and O–H groups in total. The summed E-state index contributed by atoms with van der Waals surface area (Å²) in [7, 11) is 0. The maximum Gasteiger partial charge on any atom is 0.419 e. The first-order valence-corrected chi connectivity index (χ1v) is 11.4. The molecule has 1 amide bonds. The average molecular weight is 487 g/mol. The Kier molecular flexibility index (Phi) is 7.83. The molecule has 1 fully saturated rings. The van der Waals surface area contributed by atoms with Crippen molar-refractivity contribution in [3.05, 3.63) is 107 Å². The van der Waals surface area contributed by atoms with Crippen molar-refractivity contribution in [1.29, 1.82) is 0 Å². The van der Waals surface area contributed by atoms with Crippen LogP contribution in [0.2, 0.25) is 0 Å². The highest BCUT2D eigenvalue weighted by atomic mass is 19.4. The summed E-state index contributed by atoms with van der Waals surface area (Å²) in [6, 6.07) is 22.3. The van der Waals surface area contributed by atoms with E-state index in [1.807, 2.05) is 60.7 Å². The molecule has 0 bridgehead atoms. The molecule has 1 saturated heterocycles. The fourth-order valence-electron chi connectivity index (χ4n) is 4.18. The van der Waals surface area contributed by atoms with E-state index in [0.29, 0.717) is 51.5 Å². The first-order valence-electron chi connectivity index (χ1n) is 11.4. The van der Waals surface area contributed by atoms with Crippen LogP contribution in [0.15, 0.2) is 78.9 Å². The van der Waals surface area contributed by atoms with Crippen LogP contribution in [0.5, 0.6) is 0 Å². The Morgan fingerprint density at radius 3 is 1.94 bits per heavy atom. The number of amides is 1. The van der Waals surface area contributed by atoms with Crippen molar-refractivity contribution in [2.75, 3.05) is 39.3 Å². The fourth-order valence-corrected chi connectivity index (χ4v) is 4.18. The molecule has 3 aromatic carbocycles. The fraction of sp³-hybridized carbons (Fsp3) is 0.296. The lowest BCUT2D eigenvalue weighted by Crippen LogP contribution is -2.49. The van der Waals surface area contributed by atoms with Gasteiger partial charge in [0.15, 0.2) is 0 Å². The lowest BCUT2D eigenvalue weighted by atomic mass is 10.0. The summed E-state index contributed by atoms with van der Waals surface area (Å²) in [5.41, 5.74) is 0.680. The average Bonchev–Trinajstić information content (AvgIpc) is 2.87. The first-order chi connectivity index (χ1) is 16.8. The highest BCUT2D eigenvalue weighted by Gasteiger charge is 2.34. The number of alkyl halides is 3. The molecule has 0 aromatic heterocycles. The van der Waals surface area contributed by atoms with E-state index in [1.165, 1.54) is 4.90 Å². The number of carbonyl (C=O) groups is 1. The molecule has 35 heavy (non-hydrogen) atoms. The highest BCUT2D eigenvalue weighted by molar-refractivity contribution is 5.94. The predicted molar refractivity (Wildman–Crippen MR) is 124 cm³/mol. The molecule has 4 nitrogen and oxygen atoms in total. The smallest absolute Gasteiger partial charge is 0.367 e. The molecule has 1 aliphatic heterocycles. The van der Waals surface area contributed by atoms with Crippen LogP contribution in [-0.2, 0) is 10.9 Å². The maximum absolute atomic E-state index is 13.9. The number of rotatable bonds is 7. The van der Waals surface area contributed by atoms with E-state index in [0.717, 1.165) is 17.2 Å². The van der Waals surface area contributed by atoms with E-state index in [1.54, 1.807) is 0 Å². The quantitative estimate of drug-likeness (QED) is 0.419. The van der Waals surface area contributed by atoms with Crippen molar-refractivity contribution in [2.24, 2.45) is 0 Å². The Morgan fingerprint density at radius 2 is 1.43 bits per heavy atom. The van der Waals surface area contributed by atoms with Crippen molar-refractivity contribution < 1.29 is 27.1 Å². The van der Waals surface area contributed by atoms with E-state index < -0.39 is 23.5 Å². The van der Waals surface area contributed by atoms with Gasteiger partial charge in [-0.05, 0) is 29.3 Å². The van der Waals surface area contributed by atoms with Gasteiger partial charge in [0, 0.05) is 38.3 Å². The van der Waals surface area contributed by atoms with Gasteiger partial charge in [0.05, 0.1) is 12.2 Å². The Morgan fingerprint density at radius 1 is 0.857 bits per heavy atom. The van der Waals surface area contributed by atoms with E-state index in [2.05, 4.69) is 4.90 Å². The predicted octanol–water partition coefficient (Wildman–Crippen LogP) is 5.41. The molecule has 8 heteroatoms. The van der Waals surface area contributed by atoms with Gasteiger partial charge in [0.2, 0.25) is 0 Å². The molecule has 0 aliphatic carbocycles. The molecule has 0 atom stereocenters. The van der Waals surface area contributed by atoms with Crippen LogP contribution in [0, 0.1) is 5.82 Å². The number of hydrogen-bond donors (Lipinski definition) is 0. The summed E-state index contributed by atoms with van der Waals surface area (Å²) in [6.07, 6.45) is -4.98. The lowest BCUT2D eigenvalue weighted by Gasteiger charge is -2.35.